The Morgan fingerprint density at radius 2 is 2.05 bits per heavy atom. The van der Waals surface area contributed by atoms with Gasteiger partial charge < -0.3 is 15.0 Å². The molecule has 2 fully saturated rings. The molecular weight excluding hydrogens is 256 g/mol. The lowest BCUT2D eigenvalue weighted by Gasteiger charge is -2.44. The Morgan fingerprint density at radius 1 is 1.32 bits per heavy atom. The summed E-state index contributed by atoms with van der Waals surface area (Å²) in [6.45, 7) is 14.7. The highest BCUT2D eigenvalue weighted by Gasteiger charge is 2.36. The standard InChI is InChI=1S/C15H30N2OS/c1-4-16-10-15(6-5-7-18-12-15)11-17-8-13(2)19-14(3)9-17/h13-14,16H,4-12H2,1-3H3. The van der Waals surface area contributed by atoms with E-state index in [1.54, 1.807) is 0 Å². The Balaban J connectivity index is 1.94. The summed E-state index contributed by atoms with van der Waals surface area (Å²) in [5.74, 6) is 0. The lowest BCUT2D eigenvalue weighted by atomic mass is 9.81. The lowest BCUT2D eigenvalue weighted by molar-refractivity contribution is -0.0261. The molecule has 0 aromatic carbocycles. The first-order chi connectivity index (χ1) is 9.13. The van der Waals surface area contributed by atoms with Crippen LogP contribution < -0.4 is 5.32 Å². The van der Waals surface area contributed by atoms with Gasteiger partial charge in [-0.15, -0.1) is 0 Å². The van der Waals surface area contributed by atoms with Crippen molar-refractivity contribution >= 4 is 11.8 Å². The third kappa shape index (κ3) is 4.62. The van der Waals surface area contributed by atoms with Crippen LogP contribution in [-0.2, 0) is 4.74 Å². The van der Waals surface area contributed by atoms with Gasteiger partial charge in [0.05, 0.1) is 6.61 Å². The summed E-state index contributed by atoms with van der Waals surface area (Å²) in [5.41, 5.74) is 0.343. The van der Waals surface area contributed by atoms with E-state index in [0.717, 1.165) is 36.8 Å². The molecular formula is C15H30N2OS. The van der Waals surface area contributed by atoms with Gasteiger partial charge >= 0.3 is 0 Å². The summed E-state index contributed by atoms with van der Waals surface area (Å²) in [6.07, 6.45) is 2.53. The monoisotopic (exact) mass is 286 g/mol. The van der Waals surface area contributed by atoms with Gasteiger partial charge in [0.2, 0.25) is 0 Å². The number of thioether (sulfide) groups is 1. The minimum Gasteiger partial charge on any atom is -0.381 e. The van der Waals surface area contributed by atoms with Crippen LogP contribution in [-0.4, -0.2) is 61.3 Å². The van der Waals surface area contributed by atoms with Crippen molar-refractivity contribution < 1.29 is 4.74 Å². The van der Waals surface area contributed by atoms with Crippen molar-refractivity contribution in [1.29, 1.82) is 0 Å². The average Bonchev–Trinajstić information content (AvgIpc) is 2.36. The van der Waals surface area contributed by atoms with Crippen molar-refractivity contribution in [2.75, 3.05) is 45.9 Å². The predicted molar refractivity (Wildman–Crippen MR) is 84.0 cm³/mol. The van der Waals surface area contributed by atoms with E-state index < -0.39 is 0 Å². The fourth-order valence-corrected chi connectivity index (χ4v) is 4.90. The third-order valence-corrected chi connectivity index (χ3v) is 5.44. The van der Waals surface area contributed by atoms with Gasteiger partial charge in [0, 0.05) is 48.7 Å². The highest BCUT2D eigenvalue weighted by molar-refractivity contribution is 8.00. The predicted octanol–water partition coefficient (Wildman–Crippen LogP) is 2.22. The second kappa shape index (κ2) is 7.30. The first-order valence-corrected chi connectivity index (χ1v) is 8.74. The van der Waals surface area contributed by atoms with E-state index in [9.17, 15) is 0 Å². The van der Waals surface area contributed by atoms with Crippen molar-refractivity contribution in [3.63, 3.8) is 0 Å². The zero-order chi connectivity index (χ0) is 13.7. The lowest BCUT2D eigenvalue weighted by Crippen LogP contribution is -2.52. The number of nitrogens with zero attached hydrogens (tertiary/aromatic N) is 1. The van der Waals surface area contributed by atoms with Gasteiger partial charge in [0.25, 0.3) is 0 Å². The molecule has 19 heavy (non-hydrogen) atoms. The molecule has 2 heterocycles. The number of nitrogens with one attached hydrogen (secondary N) is 1. The summed E-state index contributed by atoms with van der Waals surface area (Å²) in [7, 11) is 0. The summed E-state index contributed by atoms with van der Waals surface area (Å²) in [4.78, 5) is 2.68. The van der Waals surface area contributed by atoms with E-state index in [0.29, 0.717) is 5.41 Å². The minimum absolute atomic E-state index is 0.343. The molecule has 0 aromatic heterocycles. The van der Waals surface area contributed by atoms with Crippen molar-refractivity contribution in [2.45, 2.75) is 44.1 Å². The summed E-state index contributed by atoms with van der Waals surface area (Å²) >= 11 is 2.14. The Bertz CT molecular complexity index is 259. The molecule has 0 saturated carbocycles. The molecule has 112 valence electrons. The smallest absolute Gasteiger partial charge is 0.0546 e. The van der Waals surface area contributed by atoms with Gasteiger partial charge in [-0.1, -0.05) is 20.8 Å². The van der Waals surface area contributed by atoms with Crippen LogP contribution in [0.4, 0.5) is 0 Å². The molecule has 0 aromatic rings. The van der Waals surface area contributed by atoms with E-state index in [-0.39, 0.29) is 0 Å². The fourth-order valence-electron chi connectivity index (χ4n) is 3.51. The Kier molecular flexibility index (Phi) is 6.00. The second-order valence-corrected chi connectivity index (χ2v) is 8.27. The molecule has 0 bridgehead atoms. The fraction of sp³-hybridized carbons (Fsp3) is 1.00. The molecule has 3 atom stereocenters. The number of ether oxygens (including phenoxy) is 1. The number of rotatable bonds is 5. The van der Waals surface area contributed by atoms with Crippen molar-refractivity contribution in [2.24, 2.45) is 5.41 Å². The minimum atomic E-state index is 0.343. The maximum absolute atomic E-state index is 5.81. The van der Waals surface area contributed by atoms with Crippen LogP contribution >= 0.6 is 11.8 Å². The highest BCUT2D eigenvalue weighted by atomic mass is 32.2. The Hall–Kier alpha value is 0.230. The zero-order valence-electron chi connectivity index (χ0n) is 12.8. The van der Waals surface area contributed by atoms with E-state index in [1.165, 1.54) is 32.5 Å². The number of hydrogen-bond acceptors (Lipinski definition) is 4. The molecule has 2 aliphatic heterocycles. The molecule has 0 aliphatic carbocycles. The molecule has 2 saturated heterocycles. The molecule has 3 nitrogen and oxygen atoms in total. The van der Waals surface area contributed by atoms with Crippen LogP contribution in [0.3, 0.4) is 0 Å². The highest BCUT2D eigenvalue weighted by Crippen LogP contribution is 2.32. The summed E-state index contributed by atoms with van der Waals surface area (Å²) < 4.78 is 5.81. The van der Waals surface area contributed by atoms with Crippen LogP contribution in [0.25, 0.3) is 0 Å². The van der Waals surface area contributed by atoms with Gasteiger partial charge in [-0.25, -0.2) is 0 Å². The van der Waals surface area contributed by atoms with Crippen LogP contribution in [0.5, 0.6) is 0 Å². The number of hydrogen-bond donors (Lipinski definition) is 1. The molecule has 1 N–H and O–H groups in total. The molecule has 4 heteroatoms. The molecule has 2 rings (SSSR count). The summed E-state index contributed by atoms with van der Waals surface area (Å²) in [5, 5.41) is 5.09. The molecule has 0 amide bonds. The largest absolute Gasteiger partial charge is 0.381 e. The Labute approximate surface area is 122 Å². The van der Waals surface area contributed by atoms with E-state index in [1.807, 2.05) is 0 Å². The zero-order valence-corrected chi connectivity index (χ0v) is 13.6. The third-order valence-electron chi connectivity index (χ3n) is 4.21. The van der Waals surface area contributed by atoms with Gasteiger partial charge in [-0.2, -0.15) is 11.8 Å². The van der Waals surface area contributed by atoms with Crippen LogP contribution in [0, 0.1) is 5.41 Å². The first kappa shape index (κ1) is 15.6. The van der Waals surface area contributed by atoms with Crippen LogP contribution in [0.2, 0.25) is 0 Å². The first-order valence-electron chi connectivity index (χ1n) is 7.80. The summed E-state index contributed by atoms with van der Waals surface area (Å²) in [6, 6.07) is 0. The van der Waals surface area contributed by atoms with E-state index in [2.05, 4.69) is 42.7 Å². The van der Waals surface area contributed by atoms with Crippen LogP contribution in [0.15, 0.2) is 0 Å². The quantitative estimate of drug-likeness (QED) is 0.837. The van der Waals surface area contributed by atoms with E-state index in [4.69, 9.17) is 4.74 Å². The normalized spacial score (nSPS) is 37.4. The molecule has 3 unspecified atom stereocenters. The van der Waals surface area contributed by atoms with Gasteiger partial charge in [-0.05, 0) is 19.4 Å². The second-order valence-electron chi connectivity index (χ2n) is 6.39. The van der Waals surface area contributed by atoms with Crippen molar-refractivity contribution in [3.8, 4) is 0 Å². The average molecular weight is 286 g/mol. The maximum Gasteiger partial charge on any atom is 0.0546 e. The van der Waals surface area contributed by atoms with Crippen LogP contribution in [0.1, 0.15) is 33.6 Å². The molecule has 2 aliphatic rings. The van der Waals surface area contributed by atoms with Gasteiger partial charge in [0.1, 0.15) is 0 Å². The molecule has 0 radical (unpaired) electrons. The van der Waals surface area contributed by atoms with Crippen molar-refractivity contribution in [1.82, 2.24) is 10.2 Å². The SMILES string of the molecule is CCNCC1(CN2CC(C)SC(C)C2)CCCOC1. The van der Waals surface area contributed by atoms with E-state index >= 15 is 0 Å². The maximum atomic E-state index is 5.81. The topological polar surface area (TPSA) is 24.5 Å². The van der Waals surface area contributed by atoms with Crippen molar-refractivity contribution in [3.05, 3.63) is 0 Å². The molecule has 0 spiro atoms. The van der Waals surface area contributed by atoms with Gasteiger partial charge in [-0.3, -0.25) is 0 Å². The Morgan fingerprint density at radius 3 is 2.63 bits per heavy atom. The van der Waals surface area contributed by atoms with Gasteiger partial charge in [0.15, 0.2) is 0 Å².